The third-order valence-corrected chi connectivity index (χ3v) is 2.24. The minimum atomic E-state index is -0.701. The quantitative estimate of drug-likeness (QED) is 0.760. The van der Waals surface area contributed by atoms with E-state index < -0.39 is 11.4 Å². The zero-order valence-corrected chi connectivity index (χ0v) is 8.38. The number of ether oxygens (including phenoxy) is 1. The van der Waals surface area contributed by atoms with Gasteiger partial charge in [-0.3, -0.25) is 0 Å². The Labute approximate surface area is 82.9 Å². The van der Waals surface area contributed by atoms with Crippen molar-refractivity contribution < 1.29 is 9.13 Å². The highest BCUT2D eigenvalue weighted by atomic mass is 19.1. The minimum absolute atomic E-state index is 0.210. The van der Waals surface area contributed by atoms with E-state index in [0.717, 1.165) is 0 Å². The summed E-state index contributed by atoms with van der Waals surface area (Å²) in [5.41, 5.74) is 11.3. The Kier molecular flexibility index (Phi) is 3.08. The monoisotopic (exact) mass is 198 g/mol. The maximum Gasteiger partial charge on any atom is 0.165 e. The Bertz CT molecular complexity index is 326. The molecule has 14 heavy (non-hydrogen) atoms. The summed E-state index contributed by atoms with van der Waals surface area (Å²) in [7, 11) is 1.42. The summed E-state index contributed by atoms with van der Waals surface area (Å²) >= 11 is 0. The SMILES string of the molecule is COc1ccc(C(C)(N)CN)cc1F. The fourth-order valence-corrected chi connectivity index (χ4v) is 1.14. The first-order valence-corrected chi connectivity index (χ1v) is 4.34. The zero-order chi connectivity index (χ0) is 10.8. The van der Waals surface area contributed by atoms with Gasteiger partial charge in [-0.1, -0.05) is 6.07 Å². The summed E-state index contributed by atoms with van der Waals surface area (Å²) in [5.74, 6) is -0.211. The van der Waals surface area contributed by atoms with Crippen LogP contribution in [0.25, 0.3) is 0 Å². The Morgan fingerprint density at radius 2 is 2.14 bits per heavy atom. The summed E-state index contributed by atoms with van der Waals surface area (Å²) in [6, 6.07) is 4.62. The summed E-state index contributed by atoms with van der Waals surface area (Å²) in [6.07, 6.45) is 0. The molecule has 1 rings (SSSR count). The summed E-state index contributed by atoms with van der Waals surface area (Å²) in [4.78, 5) is 0. The molecule has 0 saturated heterocycles. The Morgan fingerprint density at radius 3 is 2.57 bits per heavy atom. The maximum absolute atomic E-state index is 13.3. The third kappa shape index (κ3) is 2.02. The highest BCUT2D eigenvalue weighted by molar-refractivity contribution is 5.33. The molecule has 0 amide bonds. The first kappa shape index (κ1) is 10.9. The lowest BCUT2D eigenvalue weighted by Gasteiger charge is -2.23. The van der Waals surface area contributed by atoms with E-state index in [1.807, 2.05) is 0 Å². The second kappa shape index (κ2) is 3.94. The Hall–Kier alpha value is -1.13. The van der Waals surface area contributed by atoms with E-state index in [-0.39, 0.29) is 12.3 Å². The van der Waals surface area contributed by atoms with Crippen LogP contribution < -0.4 is 16.2 Å². The molecule has 0 aliphatic rings. The topological polar surface area (TPSA) is 61.3 Å². The molecule has 0 fully saturated rings. The van der Waals surface area contributed by atoms with Crippen LogP contribution in [0.1, 0.15) is 12.5 Å². The lowest BCUT2D eigenvalue weighted by Crippen LogP contribution is -2.40. The third-order valence-electron chi connectivity index (χ3n) is 2.24. The van der Waals surface area contributed by atoms with Crippen LogP contribution in [0.2, 0.25) is 0 Å². The van der Waals surface area contributed by atoms with Gasteiger partial charge in [-0.25, -0.2) is 4.39 Å². The molecule has 1 aromatic carbocycles. The molecule has 0 radical (unpaired) electrons. The van der Waals surface area contributed by atoms with E-state index in [1.54, 1.807) is 19.1 Å². The fraction of sp³-hybridized carbons (Fsp3) is 0.400. The number of hydrogen-bond acceptors (Lipinski definition) is 3. The fourth-order valence-electron chi connectivity index (χ4n) is 1.14. The van der Waals surface area contributed by atoms with Crippen molar-refractivity contribution in [2.75, 3.05) is 13.7 Å². The van der Waals surface area contributed by atoms with Crippen LogP contribution in [0.3, 0.4) is 0 Å². The van der Waals surface area contributed by atoms with E-state index in [1.165, 1.54) is 13.2 Å². The van der Waals surface area contributed by atoms with Crippen LogP contribution in [0.15, 0.2) is 18.2 Å². The predicted octanol–water partition coefficient (Wildman–Crippen LogP) is 0.967. The zero-order valence-electron chi connectivity index (χ0n) is 8.38. The van der Waals surface area contributed by atoms with E-state index in [0.29, 0.717) is 5.56 Å². The normalized spacial score (nSPS) is 14.9. The van der Waals surface area contributed by atoms with Crippen molar-refractivity contribution in [1.29, 1.82) is 0 Å². The molecule has 0 aliphatic heterocycles. The molecule has 4 N–H and O–H groups in total. The van der Waals surface area contributed by atoms with Crippen molar-refractivity contribution in [1.82, 2.24) is 0 Å². The number of halogens is 1. The molecule has 78 valence electrons. The van der Waals surface area contributed by atoms with Crippen molar-refractivity contribution in [2.45, 2.75) is 12.5 Å². The molecule has 0 aromatic heterocycles. The second-order valence-electron chi connectivity index (χ2n) is 3.47. The summed E-state index contributed by atoms with van der Waals surface area (Å²) in [6.45, 7) is 2.02. The summed E-state index contributed by atoms with van der Waals surface area (Å²) in [5, 5.41) is 0. The average Bonchev–Trinajstić information content (AvgIpc) is 2.17. The van der Waals surface area contributed by atoms with E-state index in [9.17, 15) is 4.39 Å². The first-order chi connectivity index (χ1) is 6.51. The van der Waals surface area contributed by atoms with Crippen molar-refractivity contribution in [3.63, 3.8) is 0 Å². The molecule has 0 heterocycles. The second-order valence-corrected chi connectivity index (χ2v) is 3.47. The van der Waals surface area contributed by atoms with Crippen molar-refractivity contribution >= 4 is 0 Å². The van der Waals surface area contributed by atoms with Gasteiger partial charge in [0.05, 0.1) is 12.6 Å². The molecule has 1 atom stereocenters. The van der Waals surface area contributed by atoms with E-state index in [4.69, 9.17) is 16.2 Å². The van der Waals surface area contributed by atoms with Gasteiger partial charge in [-0.05, 0) is 24.6 Å². The van der Waals surface area contributed by atoms with Crippen molar-refractivity contribution in [2.24, 2.45) is 11.5 Å². The first-order valence-electron chi connectivity index (χ1n) is 4.34. The van der Waals surface area contributed by atoms with E-state index in [2.05, 4.69) is 0 Å². The van der Waals surface area contributed by atoms with Gasteiger partial charge in [-0.2, -0.15) is 0 Å². The van der Waals surface area contributed by atoms with Crippen LogP contribution in [0, 0.1) is 5.82 Å². The average molecular weight is 198 g/mol. The molecule has 4 heteroatoms. The smallest absolute Gasteiger partial charge is 0.165 e. The Balaban J connectivity index is 3.08. The minimum Gasteiger partial charge on any atom is -0.494 e. The molecule has 3 nitrogen and oxygen atoms in total. The number of rotatable bonds is 3. The largest absolute Gasteiger partial charge is 0.494 e. The standard InChI is InChI=1S/C10H15FN2O/c1-10(13,6-12)7-3-4-9(14-2)8(11)5-7/h3-5H,6,12-13H2,1-2H3. The highest BCUT2D eigenvalue weighted by Gasteiger charge is 2.20. The molecule has 0 bridgehead atoms. The number of benzene rings is 1. The van der Waals surface area contributed by atoms with E-state index >= 15 is 0 Å². The van der Waals surface area contributed by atoms with Crippen LogP contribution in [-0.2, 0) is 5.54 Å². The lowest BCUT2D eigenvalue weighted by molar-refractivity contribution is 0.384. The predicted molar refractivity (Wildman–Crippen MR) is 53.5 cm³/mol. The maximum atomic E-state index is 13.3. The van der Waals surface area contributed by atoms with Crippen LogP contribution >= 0.6 is 0 Å². The molecule has 1 unspecified atom stereocenters. The van der Waals surface area contributed by atoms with Crippen molar-refractivity contribution in [3.05, 3.63) is 29.6 Å². The molecular weight excluding hydrogens is 183 g/mol. The molecule has 0 aliphatic carbocycles. The number of nitrogens with two attached hydrogens (primary N) is 2. The van der Waals surface area contributed by atoms with Gasteiger partial charge >= 0.3 is 0 Å². The summed E-state index contributed by atoms with van der Waals surface area (Å²) < 4.78 is 18.1. The van der Waals surface area contributed by atoms with Crippen molar-refractivity contribution in [3.8, 4) is 5.75 Å². The van der Waals surface area contributed by atoms with Crippen LogP contribution in [0.5, 0.6) is 5.75 Å². The highest BCUT2D eigenvalue weighted by Crippen LogP contribution is 2.23. The van der Waals surface area contributed by atoms with Gasteiger partial charge in [0.25, 0.3) is 0 Å². The molecule has 0 spiro atoms. The number of hydrogen-bond donors (Lipinski definition) is 2. The van der Waals surface area contributed by atoms with Gasteiger partial charge in [0.2, 0.25) is 0 Å². The van der Waals surface area contributed by atoms with Gasteiger partial charge in [0.1, 0.15) is 0 Å². The van der Waals surface area contributed by atoms with Gasteiger partial charge < -0.3 is 16.2 Å². The molecule has 1 aromatic rings. The Morgan fingerprint density at radius 1 is 1.50 bits per heavy atom. The van der Waals surface area contributed by atoms with Crippen LogP contribution in [-0.4, -0.2) is 13.7 Å². The van der Waals surface area contributed by atoms with Crippen LogP contribution in [0.4, 0.5) is 4.39 Å². The van der Waals surface area contributed by atoms with Gasteiger partial charge in [0.15, 0.2) is 11.6 Å². The number of methoxy groups -OCH3 is 1. The molecular formula is C10H15FN2O. The van der Waals surface area contributed by atoms with Gasteiger partial charge in [0, 0.05) is 6.54 Å². The van der Waals surface area contributed by atoms with Gasteiger partial charge in [-0.15, -0.1) is 0 Å². The molecule has 0 saturated carbocycles. The lowest BCUT2D eigenvalue weighted by atomic mass is 9.93.